The molecule has 4 aromatic rings. The summed E-state index contributed by atoms with van der Waals surface area (Å²) in [5.74, 6) is 11.5. The van der Waals surface area contributed by atoms with Crippen LogP contribution in [0.2, 0.25) is 0 Å². The zero-order valence-electron chi connectivity index (χ0n) is 43.6. The molecule has 0 spiro atoms. The highest BCUT2D eigenvalue weighted by atomic mass is 16.3. The smallest absolute Gasteiger partial charge is 0.107 e. The highest BCUT2D eigenvalue weighted by Crippen LogP contribution is 2.43. The van der Waals surface area contributed by atoms with Crippen molar-refractivity contribution in [3.8, 4) is 0 Å². The Labute approximate surface area is 371 Å². The monoisotopic (exact) mass is 833 g/mol. The number of hydrogen-bond acceptors (Lipinski definition) is 4. The molecule has 0 unspecified atom stereocenters. The van der Waals surface area contributed by atoms with E-state index in [1.807, 2.05) is 25.1 Å². The van der Waals surface area contributed by atoms with Gasteiger partial charge in [-0.1, -0.05) is 166 Å². The first kappa shape index (κ1) is 55.1. The predicted octanol–water partition coefficient (Wildman–Crippen LogP) is 19.5. The van der Waals surface area contributed by atoms with Crippen LogP contribution >= 0.6 is 0 Å². The Kier molecular flexibility index (Phi) is 22.7. The van der Waals surface area contributed by atoms with Gasteiger partial charge in [0, 0.05) is 23.7 Å². The van der Waals surface area contributed by atoms with Gasteiger partial charge in [-0.25, -0.2) is 0 Å². The number of furan rings is 4. The highest BCUT2D eigenvalue weighted by molar-refractivity contribution is 5.23. The first-order valence-electron chi connectivity index (χ1n) is 23.9. The summed E-state index contributed by atoms with van der Waals surface area (Å²) in [7, 11) is 0. The Hall–Kier alpha value is -2.88. The van der Waals surface area contributed by atoms with E-state index in [2.05, 4.69) is 190 Å². The van der Waals surface area contributed by atoms with Crippen LogP contribution in [0.1, 0.15) is 272 Å². The third kappa shape index (κ3) is 17.1. The van der Waals surface area contributed by atoms with Crippen LogP contribution in [0.3, 0.4) is 0 Å². The molecule has 4 heterocycles. The van der Waals surface area contributed by atoms with Gasteiger partial charge in [-0.15, -0.1) is 0 Å². The molecule has 0 aromatic carbocycles. The van der Waals surface area contributed by atoms with E-state index in [1.54, 1.807) is 0 Å². The van der Waals surface area contributed by atoms with Gasteiger partial charge in [0.25, 0.3) is 0 Å². The molecule has 0 fully saturated rings. The lowest BCUT2D eigenvalue weighted by Gasteiger charge is -2.32. The second kappa shape index (κ2) is 24.7. The molecule has 0 N–H and O–H groups in total. The van der Waals surface area contributed by atoms with Crippen molar-refractivity contribution in [2.45, 2.75) is 226 Å². The zero-order chi connectivity index (χ0) is 46.4. The molecular weight excluding hydrogens is 737 g/mol. The lowest BCUT2D eigenvalue weighted by Crippen LogP contribution is -2.22. The lowest BCUT2D eigenvalue weighted by molar-refractivity contribution is 0.224. The minimum Gasteiger partial charge on any atom is -0.469 e. The number of hydrogen-bond donors (Lipinski definition) is 0. The fourth-order valence-electron chi connectivity index (χ4n) is 8.91. The van der Waals surface area contributed by atoms with E-state index in [0.29, 0.717) is 71.0 Å². The van der Waals surface area contributed by atoms with Crippen LogP contribution in [-0.4, -0.2) is 0 Å². The SMILES string of the molecule is CC(C)c1coc([C@H](C(C)C)C(C)(C)C)c1.CC(C)c1coc([C@H](C(C)C)C(C)(C)C)c1.CC[C@H](c1cc(C(C)C)co1)C(C)C.CC[C@H](c1cc(C(C)C)co1)C(C)C. The molecule has 60 heavy (non-hydrogen) atoms. The quantitative estimate of drug-likeness (QED) is 0.127. The van der Waals surface area contributed by atoms with E-state index in [4.69, 9.17) is 17.7 Å². The van der Waals surface area contributed by atoms with Gasteiger partial charge in [0.1, 0.15) is 23.0 Å². The van der Waals surface area contributed by atoms with Crippen molar-refractivity contribution in [3.63, 3.8) is 0 Å². The van der Waals surface area contributed by atoms with E-state index in [0.717, 1.165) is 35.9 Å². The van der Waals surface area contributed by atoms with Crippen molar-refractivity contribution >= 4 is 0 Å². The van der Waals surface area contributed by atoms with Gasteiger partial charge < -0.3 is 17.7 Å². The standard InChI is InChI=1S/2C15H26O.2C13H22O/c2*1-10(2)12-8-13(16-9-12)14(11(3)4)15(5,6)7;2*1-6-12(10(4)5)13-7-11(8-14-13)9(2)3/h2*8-11,14H,1-7H3;2*7-10,12H,6H2,1-5H3/t2*14-;2*12-/m0000/s1. The molecule has 0 aliphatic carbocycles. The minimum atomic E-state index is 0.250. The van der Waals surface area contributed by atoms with E-state index < -0.39 is 0 Å². The predicted molar refractivity (Wildman–Crippen MR) is 261 cm³/mol. The average molecular weight is 833 g/mol. The van der Waals surface area contributed by atoms with Gasteiger partial charge in [0.2, 0.25) is 0 Å². The summed E-state index contributed by atoms with van der Waals surface area (Å²) in [6.45, 7) is 53.9. The molecule has 0 saturated carbocycles. The molecule has 4 heteroatoms. The second-order valence-corrected chi connectivity index (χ2v) is 22.4. The van der Waals surface area contributed by atoms with Crippen molar-refractivity contribution in [3.05, 3.63) is 94.6 Å². The molecule has 344 valence electrons. The molecule has 4 aromatic heterocycles. The summed E-state index contributed by atoms with van der Waals surface area (Å²) in [6.07, 6.45) is 9.96. The topological polar surface area (TPSA) is 52.6 Å². The van der Waals surface area contributed by atoms with Gasteiger partial charge in [-0.2, -0.15) is 0 Å². The van der Waals surface area contributed by atoms with Crippen LogP contribution in [0.4, 0.5) is 0 Å². The largest absolute Gasteiger partial charge is 0.469 e. The Morgan fingerprint density at radius 1 is 0.350 bits per heavy atom. The summed E-state index contributed by atoms with van der Waals surface area (Å²) in [6, 6.07) is 8.92. The van der Waals surface area contributed by atoms with Gasteiger partial charge in [0.15, 0.2) is 0 Å². The van der Waals surface area contributed by atoms with Crippen molar-refractivity contribution in [2.24, 2.45) is 34.5 Å². The van der Waals surface area contributed by atoms with Gasteiger partial charge in [0.05, 0.1) is 25.1 Å². The maximum Gasteiger partial charge on any atom is 0.107 e. The summed E-state index contributed by atoms with van der Waals surface area (Å²) < 4.78 is 22.8. The molecule has 4 rings (SSSR count). The van der Waals surface area contributed by atoms with Gasteiger partial charge in [-0.05, 0) is 118 Å². The molecule has 0 bridgehead atoms. The average Bonchev–Trinajstić information content (AvgIpc) is 3.93. The highest BCUT2D eigenvalue weighted by Gasteiger charge is 2.33. The summed E-state index contributed by atoms with van der Waals surface area (Å²) >= 11 is 0. The maximum absolute atomic E-state index is 5.78. The van der Waals surface area contributed by atoms with Crippen molar-refractivity contribution < 1.29 is 17.7 Å². The molecule has 0 radical (unpaired) electrons. The molecule has 0 aliphatic rings. The fourth-order valence-corrected chi connectivity index (χ4v) is 8.91. The van der Waals surface area contributed by atoms with Crippen LogP contribution in [0.15, 0.2) is 67.0 Å². The molecule has 4 atom stereocenters. The molecule has 4 nitrogen and oxygen atoms in total. The maximum atomic E-state index is 5.78. The third-order valence-electron chi connectivity index (χ3n) is 12.3. The lowest BCUT2D eigenvalue weighted by atomic mass is 9.73. The molecule has 0 saturated heterocycles. The summed E-state index contributed by atoms with van der Waals surface area (Å²) in [5, 5.41) is 0. The first-order valence-corrected chi connectivity index (χ1v) is 23.9. The Balaban J connectivity index is 0.000000401. The van der Waals surface area contributed by atoms with Gasteiger partial charge >= 0.3 is 0 Å². The van der Waals surface area contributed by atoms with Crippen molar-refractivity contribution in [2.75, 3.05) is 0 Å². The summed E-state index contributed by atoms with van der Waals surface area (Å²) in [5.41, 5.74) is 5.76. The van der Waals surface area contributed by atoms with E-state index in [9.17, 15) is 0 Å². The van der Waals surface area contributed by atoms with Crippen molar-refractivity contribution in [1.29, 1.82) is 0 Å². The third-order valence-corrected chi connectivity index (χ3v) is 12.3. The van der Waals surface area contributed by atoms with Crippen LogP contribution < -0.4 is 0 Å². The van der Waals surface area contributed by atoms with Crippen LogP contribution in [0.25, 0.3) is 0 Å². The van der Waals surface area contributed by atoms with Crippen LogP contribution in [0, 0.1) is 34.5 Å². The first-order chi connectivity index (χ1) is 27.6. The second-order valence-electron chi connectivity index (χ2n) is 22.4. The van der Waals surface area contributed by atoms with Gasteiger partial charge in [-0.3, -0.25) is 0 Å². The van der Waals surface area contributed by atoms with Crippen LogP contribution in [0.5, 0.6) is 0 Å². The molecular formula is C56H96O4. The molecule has 0 aliphatic heterocycles. The Morgan fingerprint density at radius 3 is 0.717 bits per heavy atom. The number of rotatable bonds is 14. The Bertz CT molecular complexity index is 1570. The normalized spacial score (nSPS) is 14.4. The fraction of sp³-hybridized carbons (Fsp3) is 0.714. The van der Waals surface area contributed by atoms with E-state index in [-0.39, 0.29) is 10.8 Å². The minimum absolute atomic E-state index is 0.250. The van der Waals surface area contributed by atoms with Crippen LogP contribution in [-0.2, 0) is 0 Å². The van der Waals surface area contributed by atoms with E-state index >= 15 is 0 Å². The molecule has 0 amide bonds. The Morgan fingerprint density at radius 2 is 0.567 bits per heavy atom. The van der Waals surface area contributed by atoms with Crippen molar-refractivity contribution in [1.82, 2.24) is 0 Å². The summed E-state index contributed by atoms with van der Waals surface area (Å²) in [4.78, 5) is 0. The van der Waals surface area contributed by atoms with E-state index in [1.165, 1.54) is 22.3 Å². The zero-order valence-corrected chi connectivity index (χ0v) is 43.6.